The molecule has 0 saturated carbocycles. The van der Waals surface area contributed by atoms with Crippen LogP contribution in [0, 0.1) is 12.1 Å². The Balaban J connectivity index is 0.000000284. The van der Waals surface area contributed by atoms with Crippen LogP contribution in [0.2, 0.25) is 0 Å². The molecule has 32 heavy (non-hydrogen) atoms. The van der Waals surface area contributed by atoms with Crippen molar-refractivity contribution in [2.24, 2.45) is 0 Å². The maximum atomic E-state index is 10.3. The van der Waals surface area contributed by atoms with Gasteiger partial charge < -0.3 is 14.8 Å². The fourth-order valence-corrected chi connectivity index (χ4v) is 2.81. The SMILES string of the molecule is C=CC=[C-]C(=C)c1ccccn1.[2H]C=C/C([2H])=C(/[2H])C(=[N-])c1[c-]ccc2c1oc1ccccc12.[Ir+3]. The van der Waals surface area contributed by atoms with Crippen LogP contribution < -0.4 is 0 Å². The van der Waals surface area contributed by atoms with Crippen LogP contribution in [-0.4, -0.2) is 10.7 Å². The zero-order chi connectivity index (χ0) is 24.5. The predicted octanol–water partition coefficient (Wildman–Crippen LogP) is 7.12. The Labute approximate surface area is 206 Å². The van der Waals surface area contributed by atoms with Crippen molar-refractivity contribution in [2.75, 3.05) is 0 Å². The van der Waals surface area contributed by atoms with Crippen LogP contribution in [-0.2, 0) is 20.1 Å². The van der Waals surface area contributed by atoms with Crippen LogP contribution in [0.1, 0.15) is 15.4 Å². The molecule has 4 aromatic rings. The van der Waals surface area contributed by atoms with E-state index in [0.29, 0.717) is 11.2 Å². The van der Waals surface area contributed by atoms with E-state index >= 15 is 0 Å². The summed E-state index contributed by atoms with van der Waals surface area (Å²) in [6, 6.07) is 18.9. The van der Waals surface area contributed by atoms with E-state index in [-0.39, 0.29) is 37.8 Å². The molecule has 0 bridgehead atoms. The Morgan fingerprint density at radius 3 is 2.72 bits per heavy atom. The van der Waals surface area contributed by atoms with Crippen molar-refractivity contribution in [3.05, 3.63) is 140 Å². The molecule has 0 aliphatic carbocycles. The molecule has 0 aliphatic heterocycles. The van der Waals surface area contributed by atoms with E-state index in [4.69, 9.17) is 8.53 Å². The van der Waals surface area contributed by atoms with Crippen molar-refractivity contribution in [1.29, 1.82) is 0 Å². The molecule has 2 aromatic heterocycles. The minimum absolute atomic E-state index is 0. The van der Waals surface area contributed by atoms with Gasteiger partial charge in [-0.2, -0.15) is 6.58 Å². The van der Waals surface area contributed by atoms with Gasteiger partial charge >= 0.3 is 20.1 Å². The van der Waals surface area contributed by atoms with Gasteiger partial charge in [0.1, 0.15) is 5.58 Å². The van der Waals surface area contributed by atoms with Gasteiger partial charge in [-0.15, -0.1) is 60.2 Å². The smallest absolute Gasteiger partial charge is 0.855 e. The molecule has 0 saturated heterocycles. The fraction of sp³-hybridized carbons (Fsp3) is 0. The van der Waals surface area contributed by atoms with Crippen molar-refractivity contribution >= 4 is 33.2 Å². The summed E-state index contributed by atoms with van der Waals surface area (Å²) in [5.41, 5.74) is 2.56. The van der Waals surface area contributed by atoms with Crippen LogP contribution in [0.5, 0.6) is 0 Å². The summed E-state index contributed by atoms with van der Waals surface area (Å²) < 4.78 is 28.2. The number of pyridine rings is 1. The minimum Gasteiger partial charge on any atom is -0.855 e. The molecule has 2 heterocycles. The Morgan fingerprint density at radius 1 is 1.16 bits per heavy atom. The van der Waals surface area contributed by atoms with Crippen molar-refractivity contribution in [3.63, 3.8) is 0 Å². The zero-order valence-electron chi connectivity index (χ0n) is 20.1. The van der Waals surface area contributed by atoms with Crippen LogP contribution in [0.15, 0.2) is 115 Å². The van der Waals surface area contributed by atoms with E-state index in [0.717, 1.165) is 34.7 Å². The number of aromatic nitrogens is 1. The monoisotopic (exact) mass is 597 g/mol. The standard InChI is InChI=1S/C17H11NO.C11H10N.Ir/c1-2-3-10-15(18)14-9-6-8-13-12-7-4-5-11-16(12)19-17(13)14;1-3-4-7-10(2)11-8-5-6-9-12-11;/h2-8,10-11H,1H2;3-6,8-9H,1-2H2;/q-2;-1;+3/b10-3-;;/i1D,3D,10D;;/b2-1?,10-3-;;. The van der Waals surface area contributed by atoms with Gasteiger partial charge in [-0.25, -0.2) is 5.71 Å². The molecule has 0 aliphatic rings. The van der Waals surface area contributed by atoms with Crippen LogP contribution in [0.4, 0.5) is 0 Å². The van der Waals surface area contributed by atoms with Crippen LogP contribution >= 0.6 is 0 Å². The zero-order valence-corrected chi connectivity index (χ0v) is 19.5. The molecule has 4 rings (SSSR count). The molecule has 4 heteroatoms. The summed E-state index contributed by atoms with van der Waals surface area (Å²) in [4.78, 5) is 4.12. The minimum atomic E-state index is -0.396. The predicted molar refractivity (Wildman–Crippen MR) is 131 cm³/mol. The van der Waals surface area contributed by atoms with Gasteiger partial charge in [0.15, 0.2) is 0 Å². The molecule has 0 radical (unpaired) electrons. The van der Waals surface area contributed by atoms with E-state index in [1.807, 2.05) is 48.5 Å². The van der Waals surface area contributed by atoms with Gasteiger partial charge in [-0.3, -0.25) is 0 Å². The molecular formula is C28H21IrN2O. The average Bonchev–Trinajstić information content (AvgIpc) is 3.26. The van der Waals surface area contributed by atoms with E-state index in [2.05, 4.69) is 30.3 Å². The number of rotatable bonds is 6. The first kappa shape index (κ1) is 20.3. The van der Waals surface area contributed by atoms with Gasteiger partial charge in [0.05, 0.1) is 2.74 Å². The van der Waals surface area contributed by atoms with E-state index < -0.39 is 5.71 Å². The second-order valence-corrected chi connectivity index (χ2v) is 6.22. The number of para-hydroxylation sites is 1. The molecule has 3 nitrogen and oxygen atoms in total. The molecule has 0 fully saturated rings. The Bertz CT molecular complexity index is 1440. The van der Waals surface area contributed by atoms with Crippen molar-refractivity contribution in [3.8, 4) is 0 Å². The van der Waals surface area contributed by atoms with Gasteiger partial charge in [0, 0.05) is 18.5 Å². The summed E-state index contributed by atoms with van der Waals surface area (Å²) in [5, 5.41) is 12.0. The first-order valence-corrected chi connectivity index (χ1v) is 9.40. The number of fused-ring (bicyclic) bond motifs is 3. The number of allylic oxidation sites excluding steroid dienone is 7. The van der Waals surface area contributed by atoms with Crippen molar-refractivity contribution < 1.29 is 28.6 Å². The Hall–Kier alpha value is -3.59. The first-order valence-electron chi connectivity index (χ1n) is 11.0. The Morgan fingerprint density at radius 2 is 1.97 bits per heavy atom. The number of nitrogens with zero attached hydrogens (tertiary/aromatic N) is 2. The van der Waals surface area contributed by atoms with Gasteiger partial charge in [0.2, 0.25) is 0 Å². The topological polar surface area (TPSA) is 48.3 Å². The molecule has 158 valence electrons. The molecule has 2 aromatic carbocycles. The average molecular weight is 597 g/mol. The number of benzene rings is 2. The quantitative estimate of drug-likeness (QED) is 0.135. The summed E-state index contributed by atoms with van der Waals surface area (Å²) in [5.74, 6) is 0. The van der Waals surface area contributed by atoms with Gasteiger partial charge in [-0.1, -0.05) is 54.4 Å². The molecule has 0 spiro atoms. The Kier molecular flexibility index (Phi) is 7.82. The van der Waals surface area contributed by atoms with E-state index in [1.54, 1.807) is 24.4 Å². The van der Waals surface area contributed by atoms with Crippen molar-refractivity contribution in [2.45, 2.75) is 0 Å². The van der Waals surface area contributed by atoms with Gasteiger partial charge in [-0.05, 0) is 17.8 Å². The third-order valence-corrected chi connectivity index (χ3v) is 4.20. The van der Waals surface area contributed by atoms with E-state index in [9.17, 15) is 5.41 Å². The maximum Gasteiger partial charge on any atom is 3.00 e. The number of hydrogen-bond acceptors (Lipinski definition) is 2. The normalized spacial score (nSPS) is 12.8. The third-order valence-electron chi connectivity index (χ3n) is 4.20. The molecule has 0 unspecified atom stereocenters. The summed E-state index contributed by atoms with van der Waals surface area (Å²) in [6.45, 7) is 8.26. The first-order chi connectivity index (χ1) is 16.5. The molecule has 0 atom stereocenters. The second kappa shape index (κ2) is 12.3. The fourth-order valence-electron chi connectivity index (χ4n) is 2.81. The second-order valence-electron chi connectivity index (χ2n) is 6.22. The van der Waals surface area contributed by atoms with E-state index in [1.165, 1.54) is 0 Å². The molecule has 0 N–H and O–H groups in total. The summed E-state index contributed by atoms with van der Waals surface area (Å²) >= 11 is 0. The summed E-state index contributed by atoms with van der Waals surface area (Å²) in [7, 11) is 0. The molecule has 0 amide bonds. The van der Waals surface area contributed by atoms with Crippen LogP contribution in [0.25, 0.3) is 32.9 Å². The van der Waals surface area contributed by atoms with Crippen molar-refractivity contribution in [1.82, 2.24) is 4.98 Å². The summed E-state index contributed by atoms with van der Waals surface area (Å²) in [6.07, 6.45) is 9.18. The molecular weight excluding hydrogens is 573 g/mol. The number of hydrogen-bond donors (Lipinski definition) is 0. The van der Waals surface area contributed by atoms with Crippen LogP contribution in [0.3, 0.4) is 0 Å². The maximum absolute atomic E-state index is 10.3. The number of furan rings is 1. The largest absolute Gasteiger partial charge is 3.00 e. The van der Waals surface area contributed by atoms with Gasteiger partial charge in [0.25, 0.3) is 0 Å². The third kappa shape index (κ3) is 5.98.